The first-order valence-corrected chi connectivity index (χ1v) is 13.1. The predicted molar refractivity (Wildman–Crippen MR) is 153 cm³/mol. The molecule has 0 aliphatic carbocycles. The molecule has 0 saturated heterocycles. The van der Waals surface area contributed by atoms with Crippen molar-refractivity contribution in [2.75, 3.05) is 10.7 Å². The first-order chi connectivity index (χ1) is 19.4. The number of nitro groups is 2. The Morgan fingerprint density at radius 3 is 2.20 bits per heavy atom. The van der Waals surface area contributed by atoms with Gasteiger partial charge in [0.1, 0.15) is 5.03 Å². The maximum absolute atomic E-state index is 13.7. The van der Waals surface area contributed by atoms with Crippen LogP contribution in [-0.2, 0) is 11.3 Å². The highest BCUT2D eigenvalue weighted by Gasteiger charge is 2.21. The molecule has 1 heterocycles. The average Bonchev–Trinajstić information content (AvgIpc) is 2.99. The fourth-order valence-corrected chi connectivity index (χ4v) is 5.03. The van der Waals surface area contributed by atoms with Gasteiger partial charge in [-0.05, 0) is 17.7 Å². The number of benzene rings is 4. The zero-order valence-electron chi connectivity index (χ0n) is 20.9. The highest BCUT2D eigenvalue weighted by Crippen LogP contribution is 2.30. The Bertz CT molecular complexity index is 1730. The van der Waals surface area contributed by atoms with E-state index in [0.29, 0.717) is 22.1 Å². The van der Waals surface area contributed by atoms with Gasteiger partial charge in [0.2, 0.25) is 5.91 Å². The minimum absolute atomic E-state index is 0.0119. The average molecular weight is 552 g/mol. The van der Waals surface area contributed by atoms with Crippen molar-refractivity contribution in [3.8, 4) is 11.4 Å². The first-order valence-electron chi connectivity index (χ1n) is 12.1. The molecular weight excluding hydrogens is 530 g/mol. The number of thioether (sulfide) groups is 1. The fraction of sp³-hybridized carbons (Fsp3) is 0.0690. The molecule has 40 heavy (non-hydrogen) atoms. The van der Waals surface area contributed by atoms with Crippen LogP contribution in [0, 0.1) is 20.2 Å². The molecule has 0 fully saturated rings. The summed E-state index contributed by atoms with van der Waals surface area (Å²) in [5, 5.41) is 24.1. The van der Waals surface area contributed by atoms with Crippen LogP contribution in [0.1, 0.15) is 5.56 Å². The molecule has 0 bridgehead atoms. The number of non-ortho nitro benzene ring substituents is 2. The molecule has 0 unspecified atom stereocenters. The minimum Gasteiger partial charge on any atom is -0.307 e. The molecule has 5 rings (SSSR count). The molecule has 0 aliphatic heterocycles. The number of aromatic nitrogens is 2. The Hall–Kier alpha value is -5.16. The van der Waals surface area contributed by atoms with Crippen molar-refractivity contribution < 1.29 is 14.6 Å². The highest BCUT2D eigenvalue weighted by atomic mass is 32.2. The molecule has 0 saturated carbocycles. The Kier molecular flexibility index (Phi) is 7.74. The van der Waals surface area contributed by atoms with Crippen LogP contribution in [0.2, 0.25) is 0 Å². The number of anilines is 1. The number of nitrogens with zero attached hydrogens (tertiary/aromatic N) is 5. The van der Waals surface area contributed by atoms with Gasteiger partial charge in [-0.2, -0.15) is 0 Å². The Labute approximate surface area is 232 Å². The molecule has 0 radical (unpaired) electrons. The van der Waals surface area contributed by atoms with Crippen LogP contribution in [0.3, 0.4) is 0 Å². The topological polar surface area (TPSA) is 132 Å². The monoisotopic (exact) mass is 551 g/mol. The fourth-order valence-electron chi connectivity index (χ4n) is 4.13. The van der Waals surface area contributed by atoms with Gasteiger partial charge < -0.3 is 4.90 Å². The maximum Gasteiger partial charge on any atom is 0.271 e. The van der Waals surface area contributed by atoms with Crippen molar-refractivity contribution in [1.82, 2.24) is 9.97 Å². The molecular formula is C29H21N5O5S. The zero-order valence-corrected chi connectivity index (χ0v) is 21.7. The van der Waals surface area contributed by atoms with Gasteiger partial charge in [0, 0.05) is 35.2 Å². The third-order valence-corrected chi connectivity index (χ3v) is 7.02. The lowest BCUT2D eigenvalue weighted by molar-refractivity contribution is -0.385. The number of nitro benzene ring substituents is 2. The molecule has 198 valence electrons. The Morgan fingerprint density at radius 1 is 0.775 bits per heavy atom. The molecule has 10 nitrogen and oxygen atoms in total. The number of hydrogen-bond donors (Lipinski definition) is 0. The summed E-state index contributed by atoms with van der Waals surface area (Å²) in [7, 11) is 0. The SMILES string of the molecule is O=C(CSc1nc(-c2ccccc2)nc2ccccc12)N(Cc1cccc([N+](=O)[O-])c1)c1cccc([N+](=O)[O-])c1. The standard InChI is InChI=1S/C29H21N5O5S/c35-27(19-40-29-25-14-4-5-15-26(25)30-28(31-29)21-9-2-1-3-10-21)32(22-11-7-13-24(17-22)34(38)39)18-20-8-6-12-23(16-20)33(36)37/h1-17H,18-19H2. The lowest BCUT2D eigenvalue weighted by Gasteiger charge is -2.23. The third kappa shape index (κ3) is 5.94. The Morgan fingerprint density at radius 2 is 1.45 bits per heavy atom. The van der Waals surface area contributed by atoms with Gasteiger partial charge in [-0.15, -0.1) is 0 Å². The van der Waals surface area contributed by atoms with Crippen LogP contribution in [0.15, 0.2) is 108 Å². The maximum atomic E-state index is 13.7. The molecule has 0 atom stereocenters. The van der Waals surface area contributed by atoms with E-state index in [9.17, 15) is 25.0 Å². The number of para-hydroxylation sites is 1. The number of carbonyl (C=O) groups is 1. The summed E-state index contributed by atoms with van der Waals surface area (Å²) in [6, 6.07) is 28.7. The second kappa shape index (κ2) is 11.7. The van der Waals surface area contributed by atoms with Crippen LogP contribution in [-0.4, -0.2) is 31.5 Å². The lowest BCUT2D eigenvalue weighted by atomic mass is 10.1. The summed E-state index contributed by atoms with van der Waals surface area (Å²) in [4.78, 5) is 46.1. The van der Waals surface area contributed by atoms with Crippen molar-refractivity contribution in [3.05, 3.63) is 129 Å². The van der Waals surface area contributed by atoms with Crippen LogP contribution >= 0.6 is 11.8 Å². The molecule has 11 heteroatoms. The van der Waals surface area contributed by atoms with Gasteiger partial charge in [-0.1, -0.05) is 78.5 Å². The van der Waals surface area contributed by atoms with E-state index >= 15 is 0 Å². The van der Waals surface area contributed by atoms with Gasteiger partial charge in [-0.3, -0.25) is 25.0 Å². The lowest BCUT2D eigenvalue weighted by Crippen LogP contribution is -2.32. The van der Waals surface area contributed by atoms with Gasteiger partial charge in [0.25, 0.3) is 11.4 Å². The van der Waals surface area contributed by atoms with E-state index in [2.05, 4.69) is 4.98 Å². The largest absolute Gasteiger partial charge is 0.307 e. The quantitative estimate of drug-likeness (QED) is 0.0885. The van der Waals surface area contributed by atoms with E-state index in [1.165, 1.54) is 53.1 Å². The minimum atomic E-state index is -0.535. The normalized spacial score (nSPS) is 10.8. The summed E-state index contributed by atoms with van der Waals surface area (Å²) < 4.78 is 0. The summed E-state index contributed by atoms with van der Waals surface area (Å²) in [6.45, 7) is -0.0119. The van der Waals surface area contributed by atoms with Gasteiger partial charge >= 0.3 is 0 Å². The molecule has 1 aromatic heterocycles. The molecule has 5 aromatic rings. The van der Waals surface area contributed by atoms with Gasteiger partial charge in [0.05, 0.1) is 33.3 Å². The van der Waals surface area contributed by atoms with Gasteiger partial charge in [-0.25, -0.2) is 9.97 Å². The smallest absolute Gasteiger partial charge is 0.271 e. The van der Waals surface area contributed by atoms with Crippen molar-refractivity contribution in [1.29, 1.82) is 0 Å². The van der Waals surface area contributed by atoms with Crippen LogP contribution < -0.4 is 4.90 Å². The second-order valence-electron chi connectivity index (χ2n) is 8.71. The van der Waals surface area contributed by atoms with E-state index in [4.69, 9.17) is 4.98 Å². The molecule has 1 amide bonds. The predicted octanol–water partition coefficient (Wildman–Crippen LogP) is 6.44. The summed E-state index contributed by atoms with van der Waals surface area (Å²) in [5.74, 6) is 0.148. The molecule has 4 aromatic carbocycles. The summed E-state index contributed by atoms with van der Waals surface area (Å²) >= 11 is 1.23. The summed E-state index contributed by atoms with van der Waals surface area (Å²) in [6.07, 6.45) is 0. The number of amides is 1. The van der Waals surface area contributed by atoms with Crippen molar-refractivity contribution >= 4 is 45.6 Å². The van der Waals surface area contributed by atoms with E-state index in [1.807, 2.05) is 54.6 Å². The molecule has 0 spiro atoms. The number of fused-ring (bicyclic) bond motifs is 1. The van der Waals surface area contributed by atoms with E-state index < -0.39 is 9.85 Å². The van der Waals surface area contributed by atoms with Crippen LogP contribution in [0.5, 0.6) is 0 Å². The highest BCUT2D eigenvalue weighted by molar-refractivity contribution is 8.00. The summed E-state index contributed by atoms with van der Waals surface area (Å²) in [5.41, 5.74) is 2.11. The van der Waals surface area contributed by atoms with Crippen molar-refractivity contribution in [3.63, 3.8) is 0 Å². The second-order valence-corrected chi connectivity index (χ2v) is 9.67. The van der Waals surface area contributed by atoms with E-state index in [0.717, 1.165) is 16.5 Å². The van der Waals surface area contributed by atoms with Crippen LogP contribution in [0.4, 0.5) is 17.1 Å². The van der Waals surface area contributed by atoms with Crippen molar-refractivity contribution in [2.24, 2.45) is 0 Å². The molecule has 0 aliphatic rings. The van der Waals surface area contributed by atoms with Gasteiger partial charge in [0.15, 0.2) is 5.82 Å². The number of hydrogen-bond acceptors (Lipinski definition) is 8. The van der Waals surface area contributed by atoms with E-state index in [1.54, 1.807) is 12.1 Å². The first kappa shape index (κ1) is 26.4. The third-order valence-electron chi connectivity index (χ3n) is 6.05. The van der Waals surface area contributed by atoms with Crippen LogP contribution in [0.25, 0.3) is 22.3 Å². The van der Waals surface area contributed by atoms with Crippen molar-refractivity contribution in [2.45, 2.75) is 11.6 Å². The Balaban J connectivity index is 1.47. The number of rotatable bonds is 9. The molecule has 0 N–H and O–H groups in total. The number of carbonyl (C=O) groups excluding carboxylic acids is 1. The zero-order chi connectivity index (χ0) is 28.1. The van der Waals surface area contributed by atoms with E-state index in [-0.39, 0.29) is 29.6 Å².